The molecule has 3 rings (SSSR count). The molecule has 0 atom stereocenters. The van der Waals surface area contributed by atoms with Gasteiger partial charge in [-0.05, 0) is 18.2 Å². The molecule has 1 N–H and O–H groups in total. The van der Waals surface area contributed by atoms with Gasteiger partial charge in [-0.3, -0.25) is 4.79 Å². The second-order valence-electron chi connectivity index (χ2n) is 5.75. The summed E-state index contributed by atoms with van der Waals surface area (Å²) in [5.41, 5.74) is 3.20. The van der Waals surface area contributed by atoms with Crippen LogP contribution in [-0.2, 0) is 4.79 Å². The Kier molecular flexibility index (Phi) is 5.60. The molecule has 0 saturated carbocycles. The minimum Gasteiger partial charge on any atom is -0.348 e. The van der Waals surface area contributed by atoms with Crippen molar-refractivity contribution in [2.75, 3.05) is 6.54 Å². The summed E-state index contributed by atoms with van der Waals surface area (Å²) in [6, 6.07) is 21.3. The van der Waals surface area contributed by atoms with E-state index in [1.54, 1.807) is 16.8 Å². The molecule has 0 aliphatic heterocycles. The third-order valence-electron chi connectivity index (χ3n) is 3.88. The van der Waals surface area contributed by atoms with Gasteiger partial charge in [-0.25, -0.2) is 4.68 Å². The van der Waals surface area contributed by atoms with E-state index >= 15 is 0 Å². The van der Waals surface area contributed by atoms with E-state index < -0.39 is 5.91 Å². The molecule has 1 amide bonds. The molecule has 0 unspecified atom stereocenters. The fraction of sp³-hybridized carbons (Fsp3) is 0.0455. The Labute approximate surface area is 157 Å². The van der Waals surface area contributed by atoms with Gasteiger partial charge in [-0.2, -0.15) is 10.4 Å². The molecule has 0 aliphatic carbocycles. The molecule has 5 nitrogen and oxygen atoms in total. The standard InChI is InChI=1S/C22H18N4O/c1-2-13-24-22(27)18(15-23)14-19-16-26(20-11-7-4-8-12-20)25-21(19)17-9-5-3-6-10-17/h2-12,14,16H,1,13H2,(H,24,27)/b18-14+. The molecule has 3 aromatic rings. The number of carbonyl (C=O) groups excluding carboxylic acids is 1. The molecule has 1 heterocycles. The molecule has 1 aromatic heterocycles. The number of aromatic nitrogens is 2. The number of rotatable bonds is 6. The summed E-state index contributed by atoms with van der Waals surface area (Å²) in [5, 5.41) is 16.7. The van der Waals surface area contributed by atoms with Crippen LogP contribution < -0.4 is 5.32 Å². The van der Waals surface area contributed by atoms with Gasteiger partial charge in [0.1, 0.15) is 11.6 Å². The topological polar surface area (TPSA) is 70.7 Å². The van der Waals surface area contributed by atoms with Crippen LogP contribution in [0.25, 0.3) is 23.0 Å². The lowest BCUT2D eigenvalue weighted by molar-refractivity contribution is -0.116. The van der Waals surface area contributed by atoms with Crippen molar-refractivity contribution in [3.8, 4) is 23.0 Å². The molecular formula is C22H18N4O. The van der Waals surface area contributed by atoms with Crippen molar-refractivity contribution >= 4 is 12.0 Å². The van der Waals surface area contributed by atoms with Crippen LogP contribution >= 0.6 is 0 Å². The lowest BCUT2D eigenvalue weighted by Crippen LogP contribution is -2.24. The summed E-state index contributed by atoms with van der Waals surface area (Å²) in [4.78, 5) is 12.2. The predicted octanol–water partition coefficient (Wildman–Crippen LogP) is 3.75. The molecule has 0 aliphatic rings. The number of nitrogens with zero attached hydrogens (tertiary/aromatic N) is 3. The largest absolute Gasteiger partial charge is 0.348 e. The van der Waals surface area contributed by atoms with Gasteiger partial charge in [0.15, 0.2) is 0 Å². The van der Waals surface area contributed by atoms with Crippen LogP contribution in [0.4, 0.5) is 0 Å². The van der Waals surface area contributed by atoms with E-state index in [0.29, 0.717) is 17.8 Å². The Hall–Kier alpha value is -3.91. The van der Waals surface area contributed by atoms with Crippen LogP contribution in [0.3, 0.4) is 0 Å². The number of carbonyl (C=O) groups is 1. The van der Waals surface area contributed by atoms with Crippen LogP contribution in [0.5, 0.6) is 0 Å². The number of benzene rings is 2. The number of amides is 1. The quantitative estimate of drug-likeness (QED) is 0.416. The van der Waals surface area contributed by atoms with E-state index in [4.69, 9.17) is 0 Å². The highest BCUT2D eigenvalue weighted by atomic mass is 16.1. The van der Waals surface area contributed by atoms with E-state index in [2.05, 4.69) is 17.0 Å². The zero-order valence-corrected chi connectivity index (χ0v) is 14.7. The van der Waals surface area contributed by atoms with Crippen molar-refractivity contribution < 1.29 is 4.79 Å². The Morgan fingerprint density at radius 1 is 1.15 bits per heavy atom. The molecule has 0 bridgehead atoms. The Morgan fingerprint density at radius 3 is 2.44 bits per heavy atom. The van der Waals surface area contributed by atoms with Crippen molar-refractivity contribution in [2.24, 2.45) is 0 Å². The molecule has 2 aromatic carbocycles. The first-order chi connectivity index (χ1) is 13.2. The fourth-order valence-corrected chi connectivity index (χ4v) is 2.59. The molecular weight excluding hydrogens is 336 g/mol. The third-order valence-corrected chi connectivity index (χ3v) is 3.88. The maximum atomic E-state index is 12.2. The summed E-state index contributed by atoms with van der Waals surface area (Å²) in [6.07, 6.45) is 4.94. The summed E-state index contributed by atoms with van der Waals surface area (Å²) >= 11 is 0. The van der Waals surface area contributed by atoms with Crippen LogP contribution in [0.2, 0.25) is 0 Å². The first kappa shape index (κ1) is 17.9. The zero-order chi connectivity index (χ0) is 19.1. The number of para-hydroxylation sites is 1. The first-order valence-electron chi connectivity index (χ1n) is 8.44. The average molecular weight is 354 g/mol. The maximum absolute atomic E-state index is 12.2. The van der Waals surface area contributed by atoms with Gasteiger partial charge in [-0.1, -0.05) is 54.6 Å². The molecule has 132 valence electrons. The number of nitrogens with one attached hydrogen (secondary N) is 1. The van der Waals surface area contributed by atoms with Gasteiger partial charge in [-0.15, -0.1) is 6.58 Å². The van der Waals surface area contributed by atoms with Gasteiger partial charge < -0.3 is 5.32 Å². The minimum atomic E-state index is -0.441. The number of hydrogen-bond acceptors (Lipinski definition) is 3. The van der Waals surface area contributed by atoms with Crippen LogP contribution in [0.1, 0.15) is 5.56 Å². The summed E-state index contributed by atoms with van der Waals surface area (Å²) < 4.78 is 1.74. The molecule has 0 saturated heterocycles. The highest BCUT2D eigenvalue weighted by Crippen LogP contribution is 2.25. The van der Waals surface area contributed by atoms with Crippen molar-refractivity contribution in [3.05, 3.63) is 90.7 Å². The second-order valence-corrected chi connectivity index (χ2v) is 5.75. The van der Waals surface area contributed by atoms with Crippen LogP contribution in [0, 0.1) is 11.3 Å². The van der Waals surface area contributed by atoms with Crippen LogP contribution in [-0.4, -0.2) is 22.2 Å². The van der Waals surface area contributed by atoms with Gasteiger partial charge in [0, 0.05) is 23.9 Å². The fourth-order valence-electron chi connectivity index (χ4n) is 2.59. The zero-order valence-electron chi connectivity index (χ0n) is 14.7. The Bertz CT molecular complexity index is 1010. The van der Waals surface area contributed by atoms with E-state index in [-0.39, 0.29) is 5.57 Å². The highest BCUT2D eigenvalue weighted by molar-refractivity contribution is 6.02. The van der Waals surface area contributed by atoms with Gasteiger partial charge in [0.2, 0.25) is 0 Å². The van der Waals surface area contributed by atoms with Crippen molar-refractivity contribution in [2.45, 2.75) is 0 Å². The summed E-state index contributed by atoms with van der Waals surface area (Å²) in [7, 11) is 0. The normalized spacial score (nSPS) is 10.9. The monoisotopic (exact) mass is 354 g/mol. The molecule has 0 fully saturated rings. The third kappa shape index (κ3) is 4.20. The minimum absolute atomic E-state index is 0.0154. The number of nitriles is 1. The predicted molar refractivity (Wildman–Crippen MR) is 106 cm³/mol. The van der Waals surface area contributed by atoms with E-state index in [0.717, 1.165) is 11.3 Å². The first-order valence-corrected chi connectivity index (χ1v) is 8.44. The lowest BCUT2D eigenvalue weighted by Gasteiger charge is -2.01. The molecule has 0 radical (unpaired) electrons. The van der Waals surface area contributed by atoms with Gasteiger partial charge >= 0.3 is 0 Å². The van der Waals surface area contributed by atoms with Gasteiger partial charge in [0.25, 0.3) is 5.91 Å². The van der Waals surface area contributed by atoms with E-state index in [9.17, 15) is 10.1 Å². The smallest absolute Gasteiger partial charge is 0.262 e. The van der Waals surface area contributed by atoms with E-state index in [1.165, 1.54) is 0 Å². The molecule has 27 heavy (non-hydrogen) atoms. The molecule has 5 heteroatoms. The maximum Gasteiger partial charge on any atom is 0.262 e. The Morgan fingerprint density at radius 2 is 1.81 bits per heavy atom. The van der Waals surface area contributed by atoms with Crippen molar-refractivity contribution in [1.29, 1.82) is 5.26 Å². The summed E-state index contributed by atoms with van der Waals surface area (Å²) in [6.45, 7) is 3.86. The van der Waals surface area contributed by atoms with E-state index in [1.807, 2.05) is 72.9 Å². The van der Waals surface area contributed by atoms with Crippen molar-refractivity contribution in [3.63, 3.8) is 0 Å². The second kappa shape index (κ2) is 8.45. The van der Waals surface area contributed by atoms with Crippen LogP contribution in [0.15, 0.2) is 85.1 Å². The lowest BCUT2D eigenvalue weighted by atomic mass is 10.1. The average Bonchev–Trinajstić information content (AvgIpc) is 3.15. The molecule has 0 spiro atoms. The number of hydrogen-bond donors (Lipinski definition) is 1. The van der Waals surface area contributed by atoms with Gasteiger partial charge in [0.05, 0.1) is 11.4 Å². The van der Waals surface area contributed by atoms with Crippen molar-refractivity contribution in [1.82, 2.24) is 15.1 Å². The Balaban J connectivity index is 2.09. The summed E-state index contributed by atoms with van der Waals surface area (Å²) in [5.74, 6) is -0.441. The SMILES string of the molecule is C=CCNC(=O)/C(C#N)=C/c1cn(-c2ccccc2)nc1-c1ccccc1. The highest BCUT2D eigenvalue weighted by Gasteiger charge is 2.14.